The molecule has 0 atom stereocenters. The molecule has 2 amide bonds. The second-order valence-corrected chi connectivity index (χ2v) is 6.40. The van der Waals surface area contributed by atoms with Gasteiger partial charge in [0.1, 0.15) is 4.88 Å². The number of benzene rings is 1. The summed E-state index contributed by atoms with van der Waals surface area (Å²) >= 11 is 1.40. The van der Waals surface area contributed by atoms with Gasteiger partial charge >= 0.3 is 0 Å². The normalized spacial score (nSPS) is 9.65. The van der Waals surface area contributed by atoms with Crippen LogP contribution in [-0.4, -0.2) is 29.9 Å². The molecule has 0 aliphatic rings. The number of para-hydroxylation sites is 1. The van der Waals surface area contributed by atoms with Crippen LogP contribution in [0.4, 0.5) is 5.69 Å². The van der Waals surface area contributed by atoms with Gasteiger partial charge in [-0.15, -0.1) is 36.2 Å². The number of amides is 2. The maximum atomic E-state index is 12.5. The Balaban J connectivity index is 0.00000312. The Labute approximate surface area is 169 Å². The van der Waals surface area contributed by atoms with Crippen molar-refractivity contribution in [2.75, 3.05) is 18.4 Å². The Morgan fingerprint density at radius 3 is 2.54 bits per heavy atom. The molecule has 2 rings (SSSR count). The lowest BCUT2D eigenvalue weighted by Gasteiger charge is -2.10. The van der Waals surface area contributed by atoms with Crippen LogP contribution in [-0.2, 0) is 6.42 Å². The Bertz CT molecular complexity index is 737. The number of nitrogens with two attached hydrogens (primary N) is 1. The van der Waals surface area contributed by atoms with Gasteiger partial charge in [-0.2, -0.15) is 0 Å². The van der Waals surface area contributed by atoms with E-state index in [-0.39, 0.29) is 36.6 Å². The largest absolute Gasteiger partial charge is 0.351 e. The van der Waals surface area contributed by atoms with Crippen molar-refractivity contribution >= 4 is 53.7 Å². The first-order chi connectivity index (χ1) is 11.6. The standard InChI is InChI=1S/C17H22N4O2S.2ClH/c1-3-6-14-20-11(2)15(24-14)17(23)21-13-8-5-4-7-12(13)16(22)19-10-9-18;;/h4-5,7-8H,3,6,9-10,18H2,1-2H3,(H,19,22)(H,21,23);2*1H. The highest BCUT2D eigenvalue weighted by Gasteiger charge is 2.18. The molecule has 0 bridgehead atoms. The van der Waals surface area contributed by atoms with E-state index >= 15 is 0 Å². The number of rotatable bonds is 7. The minimum atomic E-state index is -0.260. The molecule has 0 fully saturated rings. The van der Waals surface area contributed by atoms with E-state index in [1.54, 1.807) is 24.3 Å². The van der Waals surface area contributed by atoms with E-state index in [0.717, 1.165) is 17.8 Å². The molecule has 0 spiro atoms. The minimum absolute atomic E-state index is 0. The van der Waals surface area contributed by atoms with E-state index in [4.69, 9.17) is 5.73 Å². The number of hydrogen-bond acceptors (Lipinski definition) is 5. The third-order valence-corrected chi connectivity index (χ3v) is 4.58. The molecule has 144 valence electrons. The molecule has 0 unspecified atom stereocenters. The lowest BCUT2D eigenvalue weighted by atomic mass is 10.1. The van der Waals surface area contributed by atoms with Crippen molar-refractivity contribution in [1.29, 1.82) is 0 Å². The molecule has 2 aromatic rings. The summed E-state index contributed by atoms with van der Waals surface area (Å²) in [6.45, 7) is 4.65. The maximum Gasteiger partial charge on any atom is 0.267 e. The summed E-state index contributed by atoms with van der Waals surface area (Å²) in [5.74, 6) is -0.504. The fraction of sp³-hybridized carbons (Fsp3) is 0.353. The third-order valence-electron chi connectivity index (χ3n) is 3.36. The SMILES string of the molecule is CCCc1nc(C)c(C(=O)Nc2ccccc2C(=O)NCCN)s1.Cl.Cl. The van der Waals surface area contributed by atoms with Gasteiger partial charge in [-0.05, 0) is 31.9 Å². The fourth-order valence-electron chi connectivity index (χ4n) is 2.23. The van der Waals surface area contributed by atoms with Crippen LogP contribution in [0.3, 0.4) is 0 Å². The molecule has 6 nitrogen and oxygen atoms in total. The van der Waals surface area contributed by atoms with Gasteiger partial charge < -0.3 is 16.4 Å². The van der Waals surface area contributed by atoms with Crippen molar-refractivity contribution in [2.24, 2.45) is 5.73 Å². The molecule has 26 heavy (non-hydrogen) atoms. The lowest BCUT2D eigenvalue weighted by Crippen LogP contribution is -2.29. The van der Waals surface area contributed by atoms with Gasteiger partial charge in [0.15, 0.2) is 0 Å². The van der Waals surface area contributed by atoms with Crippen molar-refractivity contribution in [3.8, 4) is 0 Å². The zero-order chi connectivity index (χ0) is 17.5. The number of halogens is 2. The summed E-state index contributed by atoms with van der Waals surface area (Å²) in [6.07, 6.45) is 1.84. The average Bonchev–Trinajstić information content (AvgIpc) is 2.94. The summed E-state index contributed by atoms with van der Waals surface area (Å²) in [6, 6.07) is 6.91. The third kappa shape index (κ3) is 6.25. The van der Waals surface area contributed by atoms with E-state index in [1.807, 2.05) is 6.92 Å². The van der Waals surface area contributed by atoms with Crippen molar-refractivity contribution in [1.82, 2.24) is 10.3 Å². The predicted molar refractivity (Wildman–Crippen MR) is 111 cm³/mol. The van der Waals surface area contributed by atoms with Gasteiger partial charge in [0.25, 0.3) is 11.8 Å². The molecule has 0 saturated heterocycles. The Hall–Kier alpha value is -1.67. The fourth-order valence-corrected chi connectivity index (χ4v) is 3.30. The van der Waals surface area contributed by atoms with E-state index in [0.29, 0.717) is 34.9 Å². The topological polar surface area (TPSA) is 97.1 Å². The summed E-state index contributed by atoms with van der Waals surface area (Å²) in [4.78, 5) is 29.7. The van der Waals surface area contributed by atoms with Crippen LogP contribution in [0.2, 0.25) is 0 Å². The molecule has 4 N–H and O–H groups in total. The summed E-state index contributed by atoms with van der Waals surface area (Å²) in [5.41, 5.74) is 7.00. The second kappa shape index (κ2) is 11.9. The first-order valence-electron chi connectivity index (χ1n) is 7.91. The van der Waals surface area contributed by atoms with Gasteiger partial charge in [0.05, 0.1) is 22.0 Å². The van der Waals surface area contributed by atoms with Crippen molar-refractivity contribution in [3.63, 3.8) is 0 Å². The monoisotopic (exact) mass is 418 g/mol. The smallest absolute Gasteiger partial charge is 0.267 e. The van der Waals surface area contributed by atoms with Crippen LogP contribution in [0.25, 0.3) is 0 Å². The highest BCUT2D eigenvalue weighted by Crippen LogP contribution is 2.22. The van der Waals surface area contributed by atoms with Crippen molar-refractivity contribution < 1.29 is 9.59 Å². The highest BCUT2D eigenvalue weighted by molar-refractivity contribution is 7.13. The van der Waals surface area contributed by atoms with Crippen LogP contribution in [0.5, 0.6) is 0 Å². The number of carbonyl (C=O) groups is 2. The molecule has 0 radical (unpaired) electrons. The van der Waals surface area contributed by atoms with Crippen molar-refractivity contribution in [3.05, 3.63) is 45.4 Å². The molecule has 1 heterocycles. The summed E-state index contributed by atoms with van der Waals surface area (Å²) < 4.78 is 0. The number of aromatic nitrogens is 1. The maximum absolute atomic E-state index is 12.5. The predicted octanol–water partition coefficient (Wildman–Crippen LogP) is 3.19. The zero-order valence-electron chi connectivity index (χ0n) is 14.7. The quantitative estimate of drug-likeness (QED) is 0.642. The Morgan fingerprint density at radius 1 is 1.19 bits per heavy atom. The number of thiazole rings is 1. The van der Waals surface area contributed by atoms with Crippen LogP contribution in [0.1, 0.15) is 44.1 Å². The number of nitrogens with zero attached hydrogens (tertiary/aromatic N) is 1. The molecule has 0 aliphatic carbocycles. The number of nitrogens with one attached hydrogen (secondary N) is 2. The minimum Gasteiger partial charge on any atom is -0.351 e. The van der Waals surface area contributed by atoms with Crippen LogP contribution < -0.4 is 16.4 Å². The van der Waals surface area contributed by atoms with E-state index in [2.05, 4.69) is 22.5 Å². The second-order valence-electron chi connectivity index (χ2n) is 5.32. The van der Waals surface area contributed by atoms with E-state index < -0.39 is 0 Å². The van der Waals surface area contributed by atoms with Crippen LogP contribution in [0.15, 0.2) is 24.3 Å². The Morgan fingerprint density at radius 2 is 1.88 bits per heavy atom. The van der Waals surface area contributed by atoms with Gasteiger partial charge in [-0.3, -0.25) is 9.59 Å². The average molecular weight is 419 g/mol. The van der Waals surface area contributed by atoms with Gasteiger partial charge in [0.2, 0.25) is 0 Å². The van der Waals surface area contributed by atoms with Crippen LogP contribution in [0, 0.1) is 6.92 Å². The summed E-state index contributed by atoms with van der Waals surface area (Å²) in [5, 5.41) is 6.48. The molecule has 1 aromatic carbocycles. The van der Waals surface area contributed by atoms with Crippen molar-refractivity contribution in [2.45, 2.75) is 26.7 Å². The van der Waals surface area contributed by atoms with Gasteiger partial charge in [0, 0.05) is 13.1 Å². The Kier molecular flexibility index (Phi) is 11.1. The molecular formula is C17H24Cl2N4O2S. The first-order valence-corrected chi connectivity index (χ1v) is 8.73. The van der Waals surface area contributed by atoms with Gasteiger partial charge in [-0.1, -0.05) is 19.1 Å². The molecule has 0 saturated carbocycles. The van der Waals surface area contributed by atoms with Gasteiger partial charge in [-0.25, -0.2) is 4.98 Å². The van der Waals surface area contributed by atoms with Crippen LogP contribution >= 0.6 is 36.2 Å². The number of hydrogen-bond donors (Lipinski definition) is 3. The number of anilines is 1. The number of carbonyl (C=O) groups excluding carboxylic acids is 2. The highest BCUT2D eigenvalue weighted by atomic mass is 35.5. The lowest BCUT2D eigenvalue weighted by molar-refractivity contribution is 0.0955. The molecule has 0 aliphatic heterocycles. The van der Waals surface area contributed by atoms with E-state index in [9.17, 15) is 9.59 Å². The first kappa shape index (κ1) is 24.3. The molecule has 9 heteroatoms. The zero-order valence-corrected chi connectivity index (χ0v) is 17.2. The molecular weight excluding hydrogens is 395 g/mol. The van der Waals surface area contributed by atoms with E-state index in [1.165, 1.54) is 11.3 Å². The number of aryl methyl sites for hydroxylation is 2. The molecule has 1 aromatic heterocycles. The summed E-state index contributed by atoms with van der Waals surface area (Å²) in [7, 11) is 0.